The average molecular weight is 243 g/mol. The molecule has 0 fully saturated rings. The summed E-state index contributed by atoms with van der Waals surface area (Å²) in [6.07, 6.45) is 5.44. The third kappa shape index (κ3) is 7.60. The molecule has 1 amide bonds. The van der Waals surface area contributed by atoms with Crippen molar-refractivity contribution in [2.75, 3.05) is 13.1 Å². The highest BCUT2D eigenvalue weighted by Crippen LogP contribution is 2.05. The van der Waals surface area contributed by atoms with Crippen LogP contribution in [0.1, 0.15) is 52.4 Å². The van der Waals surface area contributed by atoms with E-state index in [4.69, 9.17) is 10.9 Å². The lowest BCUT2D eigenvalue weighted by molar-refractivity contribution is -0.131. The number of hydrogen-bond acceptors (Lipinski definition) is 3. The van der Waals surface area contributed by atoms with Crippen molar-refractivity contribution in [1.29, 1.82) is 0 Å². The Morgan fingerprint density at radius 3 is 2.47 bits per heavy atom. The van der Waals surface area contributed by atoms with Crippen LogP contribution in [0.2, 0.25) is 0 Å². The first-order chi connectivity index (χ1) is 8.15. The molecule has 5 heteroatoms. The molecule has 0 saturated carbocycles. The predicted octanol–water partition coefficient (Wildman–Crippen LogP) is 1.94. The molecule has 17 heavy (non-hydrogen) atoms. The number of rotatable bonds is 9. The smallest absolute Gasteiger partial charge is 0.222 e. The number of amidine groups is 1. The second kappa shape index (κ2) is 9.93. The second-order valence-electron chi connectivity index (χ2n) is 4.13. The number of nitrogens with zero attached hydrogens (tertiary/aromatic N) is 2. The van der Waals surface area contributed by atoms with Crippen molar-refractivity contribution in [2.45, 2.75) is 52.4 Å². The molecule has 0 unspecified atom stereocenters. The maximum atomic E-state index is 11.8. The van der Waals surface area contributed by atoms with E-state index in [-0.39, 0.29) is 11.7 Å². The lowest BCUT2D eigenvalue weighted by Crippen LogP contribution is -2.33. The van der Waals surface area contributed by atoms with Gasteiger partial charge >= 0.3 is 0 Å². The van der Waals surface area contributed by atoms with Crippen LogP contribution < -0.4 is 5.73 Å². The van der Waals surface area contributed by atoms with Gasteiger partial charge in [0.05, 0.1) is 0 Å². The standard InChI is InChI=1S/C12H25N3O2/c1-3-5-6-7-8-12(16)15(4-2)10-9-11(13)14-17/h17H,3-10H2,1-2H3,(H2,13,14). The minimum absolute atomic E-state index is 0.161. The van der Waals surface area contributed by atoms with Gasteiger partial charge in [-0.05, 0) is 13.3 Å². The summed E-state index contributed by atoms with van der Waals surface area (Å²) in [7, 11) is 0. The lowest BCUT2D eigenvalue weighted by Gasteiger charge is -2.20. The Hall–Kier alpha value is -1.26. The van der Waals surface area contributed by atoms with Crippen molar-refractivity contribution in [1.82, 2.24) is 4.90 Å². The van der Waals surface area contributed by atoms with Crippen molar-refractivity contribution >= 4 is 11.7 Å². The average Bonchev–Trinajstić information content (AvgIpc) is 2.35. The third-order valence-corrected chi connectivity index (χ3v) is 2.74. The van der Waals surface area contributed by atoms with E-state index in [1.807, 2.05) is 6.92 Å². The highest BCUT2D eigenvalue weighted by Gasteiger charge is 2.11. The Labute approximate surface area is 104 Å². The van der Waals surface area contributed by atoms with Crippen LogP contribution >= 0.6 is 0 Å². The summed E-state index contributed by atoms with van der Waals surface area (Å²) < 4.78 is 0. The molecule has 0 aliphatic carbocycles. The van der Waals surface area contributed by atoms with E-state index in [1.54, 1.807) is 4.90 Å². The summed E-state index contributed by atoms with van der Waals surface area (Å²) in [6, 6.07) is 0. The van der Waals surface area contributed by atoms with Crippen LogP contribution in [0.15, 0.2) is 5.16 Å². The molecule has 0 aliphatic rings. The first-order valence-corrected chi connectivity index (χ1v) is 6.39. The van der Waals surface area contributed by atoms with Gasteiger partial charge in [0.2, 0.25) is 5.91 Å². The van der Waals surface area contributed by atoms with Gasteiger partial charge in [-0.2, -0.15) is 0 Å². The largest absolute Gasteiger partial charge is 0.409 e. The molecule has 0 aliphatic heterocycles. The van der Waals surface area contributed by atoms with Crippen LogP contribution in [0.4, 0.5) is 0 Å². The van der Waals surface area contributed by atoms with E-state index in [0.717, 1.165) is 12.8 Å². The quantitative estimate of drug-likeness (QED) is 0.213. The van der Waals surface area contributed by atoms with Gasteiger partial charge in [0.1, 0.15) is 5.84 Å². The zero-order valence-electron chi connectivity index (χ0n) is 11.0. The Balaban J connectivity index is 3.87. The Bertz CT molecular complexity index is 242. The van der Waals surface area contributed by atoms with Crippen molar-refractivity contribution < 1.29 is 10.0 Å². The third-order valence-electron chi connectivity index (χ3n) is 2.74. The summed E-state index contributed by atoms with van der Waals surface area (Å²) in [5, 5.41) is 11.3. The first-order valence-electron chi connectivity index (χ1n) is 6.39. The van der Waals surface area contributed by atoms with Gasteiger partial charge in [-0.15, -0.1) is 0 Å². The summed E-state index contributed by atoms with van der Waals surface area (Å²) in [6.45, 7) is 5.29. The monoisotopic (exact) mass is 243 g/mol. The highest BCUT2D eigenvalue weighted by molar-refractivity contribution is 5.81. The van der Waals surface area contributed by atoms with Crippen molar-refractivity contribution in [3.63, 3.8) is 0 Å². The number of nitrogens with two attached hydrogens (primary N) is 1. The molecule has 0 rings (SSSR count). The summed E-state index contributed by atoms with van der Waals surface area (Å²) in [5.41, 5.74) is 5.38. The molecule has 0 spiro atoms. The van der Waals surface area contributed by atoms with Crippen LogP contribution in [0.3, 0.4) is 0 Å². The van der Waals surface area contributed by atoms with Crippen LogP contribution in [0.5, 0.6) is 0 Å². The van der Waals surface area contributed by atoms with Gasteiger partial charge in [-0.1, -0.05) is 31.3 Å². The number of carbonyl (C=O) groups is 1. The molecule has 0 aromatic rings. The molecule has 0 heterocycles. The van der Waals surface area contributed by atoms with Gasteiger partial charge in [-0.3, -0.25) is 4.79 Å². The zero-order valence-corrected chi connectivity index (χ0v) is 11.0. The van der Waals surface area contributed by atoms with Crippen LogP contribution in [-0.2, 0) is 4.79 Å². The number of unbranched alkanes of at least 4 members (excludes halogenated alkanes) is 3. The van der Waals surface area contributed by atoms with Crippen molar-refractivity contribution in [3.8, 4) is 0 Å². The molecule has 0 radical (unpaired) electrons. The minimum atomic E-state index is 0.161. The fourth-order valence-corrected chi connectivity index (χ4v) is 1.62. The van der Waals surface area contributed by atoms with Gasteiger partial charge in [0.25, 0.3) is 0 Å². The SMILES string of the molecule is CCCCCCC(=O)N(CC)CCC(N)=NO. The molecule has 0 atom stereocenters. The molecule has 0 saturated heterocycles. The predicted molar refractivity (Wildman–Crippen MR) is 69.0 cm³/mol. The summed E-state index contributed by atoms with van der Waals surface area (Å²) >= 11 is 0. The molecule has 5 nitrogen and oxygen atoms in total. The van der Waals surface area contributed by atoms with E-state index in [2.05, 4.69) is 12.1 Å². The maximum Gasteiger partial charge on any atom is 0.222 e. The number of hydrogen-bond donors (Lipinski definition) is 2. The lowest BCUT2D eigenvalue weighted by atomic mass is 10.1. The fourth-order valence-electron chi connectivity index (χ4n) is 1.62. The number of amides is 1. The molecule has 3 N–H and O–H groups in total. The van der Waals surface area contributed by atoms with Crippen molar-refractivity contribution in [3.05, 3.63) is 0 Å². The Morgan fingerprint density at radius 1 is 1.24 bits per heavy atom. The molecular formula is C12H25N3O2. The number of carbonyl (C=O) groups excluding carboxylic acids is 1. The summed E-state index contributed by atoms with van der Waals surface area (Å²) in [4.78, 5) is 13.6. The number of oxime groups is 1. The van der Waals surface area contributed by atoms with Crippen LogP contribution in [-0.4, -0.2) is 34.9 Å². The highest BCUT2D eigenvalue weighted by atomic mass is 16.4. The zero-order chi connectivity index (χ0) is 13.1. The molecule has 0 aromatic carbocycles. The Kier molecular flexibility index (Phi) is 9.19. The van der Waals surface area contributed by atoms with E-state index in [1.165, 1.54) is 12.8 Å². The van der Waals surface area contributed by atoms with Crippen LogP contribution in [0, 0.1) is 0 Å². The topological polar surface area (TPSA) is 78.9 Å². The van der Waals surface area contributed by atoms with Gasteiger partial charge in [0.15, 0.2) is 0 Å². The van der Waals surface area contributed by atoms with Crippen LogP contribution in [0.25, 0.3) is 0 Å². The van der Waals surface area contributed by atoms with Gasteiger partial charge in [-0.25, -0.2) is 0 Å². The van der Waals surface area contributed by atoms with E-state index in [0.29, 0.717) is 25.9 Å². The second-order valence-corrected chi connectivity index (χ2v) is 4.13. The molecule has 100 valence electrons. The fraction of sp³-hybridized carbons (Fsp3) is 0.833. The van der Waals surface area contributed by atoms with E-state index in [9.17, 15) is 4.79 Å². The molecular weight excluding hydrogens is 218 g/mol. The van der Waals surface area contributed by atoms with Gasteiger partial charge in [0, 0.05) is 25.9 Å². The molecule has 0 bridgehead atoms. The van der Waals surface area contributed by atoms with E-state index < -0.39 is 0 Å². The van der Waals surface area contributed by atoms with Gasteiger partial charge < -0.3 is 15.8 Å². The van der Waals surface area contributed by atoms with E-state index >= 15 is 0 Å². The first kappa shape index (κ1) is 15.7. The Morgan fingerprint density at radius 2 is 1.94 bits per heavy atom. The normalized spacial score (nSPS) is 11.5. The van der Waals surface area contributed by atoms with Crippen molar-refractivity contribution in [2.24, 2.45) is 10.9 Å². The summed E-state index contributed by atoms with van der Waals surface area (Å²) in [5.74, 6) is 0.330. The molecule has 0 aromatic heterocycles. The maximum absolute atomic E-state index is 11.8. The minimum Gasteiger partial charge on any atom is -0.409 e.